The second-order valence-electron chi connectivity index (χ2n) is 4.73. The number of aromatic nitrogens is 3. The molecule has 2 aromatic rings. The molecule has 0 saturated heterocycles. The fourth-order valence-corrected chi connectivity index (χ4v) is 2.27. The van der Waals surface area contributed by atoms with E-state index in [9.17, 15) is 0 Å². The summed E-state index contributed by atoms with van der Waals surface area (Å²) in [5, 5.41) is 0. The Morgan fingerprint density at radius 1 is 1.47 bits per heavy atom. The van der Waals surface area contributed by atoms with Crippen LogP contribution in [0.25, 0.3) is 11.3 Å². The molecular formula is C13H16N4. The van der Waals surface area contributed by atoms with Gasteiger partial charge < -0.3 is 10.3 Å². The Labute approximate surface area is 101 Å². The summed E-state index contributed by atoms with van der Waals surface area (Å²) in [7, 11) is 0. The van der Waals surface area contributed by atoms with Crippen molar-refractivity contribution in [3.05, 3.63) is 30.9 Å². The summed E-state index contributed by atoms with van der Waals surface area (Å²) in [4.78, 5) is 8.28. The zero-order valence-corrected chi connectivity index (χ0v) is 9.87. The van der Waals surface area contributed by atoms with E-state index in [0.29, 0.717) is 11.9 Å². The van der Waals surface area contributed by atoms with Crippen LogP contribution in [0.1, 0.15) is 25.8 Å². The number of hydrogen-bond acceptors (Lipinski definition) is 3. The second kappa shape index (κ2) is 3.87. The molecule has 1 aliphatic rings. The lowest BCUT2D eigenvalue weighted by Crippen LogP contribution is -2.07. The minimum absolute atomic E-state index is 0.516. The van der Waals surface area contributed by atoms with Gasteiger partial charge in [0, 0.05) is 17.8 Å². The van der Waals surface area contributed by atoms with Gasteiger partial charge in [-0.1, -0.05) is 0 Å². The lowest BCUT2D eigenvalue weighted by molar-refractivity contribution is 0.489. The van der Waals surface area contributed by atoms with Gasteiger partial charge in [0.2, 0.25) is 0 Å². The van der Waals surface area contributed by atoms with E-state index in [1.807, 2.05) is 24.7 Å². The molecule has 0 amide bonds. The number of hydrogen-bond donors (Lipinski definition) is 1. The maximum Gasteiger partial charge on any atom is 0.123 e. The van der Waals surface area contributed by atoms with Crippen molar-refractivity contribution in [2.75, 3.05) is 5.73 Å². The molecule has 1 fully saturated rings. The van der Waals surface area contributed by atoms with Crippen LogP contribution in [0, 0.1) is 5.92 Å². The first kappa shape index (κ1) is 10.3. The van der Waals surface area contributed by atoms with Crippen LogP contribution in [0.5, 0.6) is 0 Å². The van der Waals surface area contributed by atoms with Crippen molar-refractivity contribution in [2.45, 2.75) is 25.8 Å². The fourth-order valence-electron chi connectivity index (χ4n) is 2.27. The molecule has 0 aliphatic heterocycles. The predicted molar refractivity (Wildman–Crippen MR) is 67.3 cm³/mol. The molecule has 2 N–H and O–H groups in total. The summed E-state index contributed by atoms with van der Waals surface area (Å²) in [5.41, 5.74) is 7.93. The van der Waals surface area contributed by atoms with Crippen LogP contribution in [-0.4, -0.2) is 14.5 Å². The third-order valence-corrected chi connectivity index (χ3v) is 3.49. The minimum atomic E-state index is 0.516. The van der Waals surface area contributed by atoms with Gasteiger partial charge in [-0.15, -0.1) is 0 Å². The van der Waals surface area contributed by atoms with E-state index in [-0.39, 0.29) is 0 Å². The molecule has 1 atom stereocenters. The van der Waals surface area contributed by atoms with Crippen molar-refractivity contribution in [1.29, 1.82) is 0 Å². The smallest absolute Gasteiger partial charge is 0.123 e. The van der Waals surface area contributed by atoms with Gasteiger partial charge in [0.1, 0.15) is 5.82 Å². The zero-order chi connectivity index (χ0) is 11.8. The standard InChI is InChI=1S/C13H16N4/c1-9(10-2-3-10)17-8-15-7-12(17)11-4-5-16-13(14)6-11/h4-10H,2-3H2,1H3,(H2,14,16). The van der Waals surface area contributed by atoms with Gasteiger partial charge in [-0.05, 0) is 37.8 Å². The highest BCUT2D eigenvalue weighted by Crippen LogP contribution is 2.40. The number of nitrogens with zero attached hydrogens (tertiary/aromatic N) is 3. The summed E-state index contributed by atoms with van der Waals surface area (Å²) in [6.07, 6.45) is 8.21. The Morgan fingerprint density at radius 3 is 3.00 bits per heavy atom. The Balaban J connectivity index is 2.00. The molecule has 0 radical (unpaired) electrons. The normalized spacial score (nSPS) is 17.0. The van der Waals surface area contributed by atoms with Gasteiger partial charge in [0.05, 0.1) is 18.2 Å². The van der Waals surface area contributed by atoms with E-state index < -0.39 is 0 Å². The van der Waals surface area contributed by atoms with Gasteiger partial charge in [-0.3, -0.25) is 0 Å². The van der Waals surface area contributed by atoms with Crippen LogP contribution >= 0.6 is 0 Å². The highest BCUT2D eigenvalue weighted by Gasteiger charge is 2.30. The third-order valence-electron chi connectivity index (χ3n) is 3.49. The van der Waals surface area contributed by atoms with Crippen molar-refractivity contribution >= 4 is 5.82 Å². The van der Waals surface area contributed by atoms with Crippen LogP contribution in [0.4, 0.5) is 5.82 Å². The first-order chi connectivity index (χ1) is 8.25. The number of pyridine rings is 1. The lowest BCUT2D eigenvalue weighted by atomic mass is 10.1. The van der Waals surface area contributed by atoms with Gasteiger partial charge in [0.25, 0.3) is 0 Å². The van der Waals surface area contributed by atoms with E-state index >= 15 is 0 Å². The zero-order valence-electron chi connectivity index (χ0n) is 9.87. The molecule has 3 rings (SSSR count). The highest BCUT2D eigenvalue weighted by atomic mass is 15.1. The van der Waals surface area contributed by atoms with Crippen LogP contribution in [-0.2, 0) is 0 Å². The molecule has 0 spiro atoms. The largest absolute Gasteiger partial charge is 0.384 e. The van der Waals surface area contributed by atoms with Crippen molar-refractivity contribution in [1.82, 2.24) is 14.5 Å². The summed E-state index contributed by atoms with van der Waals surface area (Å²) in [6, 6.07) is 4.39. The summed E-state index contributed by atoms with van der Waals surface area (Å²) < 4.78 is 2.24. The molecule has 2 heterocycles. The molecule has 4 nitrogen and oxygen atoms in total. The molecule has 1 aliphatic carbocycles. The SMILES string of the molecule is CC(C1CC1)n1cncc1-c1ccnc(N)c1. The fraction of sp³-hybridized carbons (Fsp3) is 0.385. The van der Waals surface area contributed by atoms with E-state index in [1.54, 1.807) is 6.20 Å². The highest BCUT2D eigenvalue weighted by molar-refractivity contribution is 5.61. The molecule has 1 unspecified atom stereocenters. The topological polar surface area (TPSA) is 56.7 Å². The monoisotopic (exact) mass is 228 g/mol. The first-order valence-electron chi connectivity index (χ1n) is 5.99. The van der Waals surface area contributed by atoms with E-state index in [1.165, 1.54) is 12.8 Å². The predicted octanol–water partition coefficient (Wildman–Crippen LogP) is 2.50. The molecule has 17 heavy (non-hydrogen) atoms. The Kier molecular flexibility index (Phi) is 2.35. The third kappa shape index (κ3) is 1.90. The van der Waals surface area contributed by atoms with Crippen LogP contribution < -0.4 is 5.73 Å². The number of nitrogens with two attached hydrogens (primary N) is 1. The maximum atomic E-state index is 5.72. The molecule has 0 bridgehead atoms. The quantitative estimate of drug-likeness (QED) is 0.878. The molecule has 0 aromatic carbocycles. The Hall–Kier alpha value is -1.84. The average Bonchev–Trinajstić information content (AvgIpc) is 3.05. The van der Waals surface area contributed by atoms with E-state index in [2.05, 4.69) is 21.5 Å². The van der Waals surface area contributed by atoms with Crippen LogP contribution in [0.3, 0.4) is 0 Å². The first-order valence-corrected chi connectivity index (χ1v) is 5.99. The number of imidazole rings is 1. The molecule has 88 valence electrons. The van der Waals surface area contributed by atoms with Crippen molar-refractivity contribution in [3.63, 3.8) is 0 Å². The summed E-state index contributed by atoms with van der Waals surface area (Å²) in [6.45, 7) is 2.26. The molecule has 1 saturated carbocycles. The number of rotatable bonds is 3. The molecule has 4 heteroatoms. The van der Waals surface area contributed by atoms with Gasteiger partial charge in [0.15, 0.2) is 0 Å². The van der Waals surface area contributed by atoms with Gasteiger partial charge in [-0.25, -0.2) is 9.97 Å². The maximum absolute atomic E-state index is 5.72. The van der Waals surface area contributed by atoms with Crippen LogP contribution in [0.2, 0.25) is 0 Å². The Bertz CT molecular complexity index is 528. The second-order valence-corrected chi connectivity index (χ2v) is 4.73. The summed E-state index contributed by atoms with van der Waals surface area (Å²) >= 11 is 0. The number of nitrogen functional groups attached to an aromatic ring is 1. The minimum Gasteiger partial charge on any atom is -0.384 e. The van der Waals surface area contributed by atoms with Gasteiger partial charge in [-0.2, -0.15) is 0 Å². The molecule has 2 aromatic heterocycles. The van der Waals surface area contributed by atoms with E-state index in [4.69, 9.17) is 5.73 Å². The van der Waals surface area contributed by atoms with Crippen molar-refractivity contribution in [3.8, 4) is 11.3 Å². The van der Waals surface area contributed by atoms with Crippen LogP contribution in [0.15, 0.2) is 30.9 Å². The molecular weight excluding hydrogens is 212 g/mol. The average molecular weight is 228 g/mol. The summed E-state index contributed by atoms with van der Waals surface area (Å²) in [5.74, 6) is 1.36. The van der Waals surface area contributed by atoms with Crippen molar-refractivity contribution < 1.29 is 0 Å². The van der Waals surface area contributed by atoms with Crippen molar-refractivity contribution in [2.24, 2.45) is 5.92 Å². The Morgan fingerprint density at radius 2 is 2.29 bits per heavy atom. The van der Waals surface area contributed by atoms with Gasteiger partial charge >= 0.3 is 0 Å². The van der Waals surface area contributed by atoms with E-state index in [0.717, 1.165) is 17.2 Å². The lowest BCUT2D eigenvalue weighted by Gasteiger charge is -2.15. The number of anilines is 1.